The van der Waals surface area contributed by atoms with E-state index in [0.717, 1.165) is 50.9 Å². The van der Waals surface area contributed by atoms with E-state index in [4.69, 9.17) is 9.47 Å². The molecule has 0 aliphatic carbocycles. The van der Waals surface area contributed by atoms with Crippen LogP contribution in [0.15, 0.2) is 29.3 Å². The van der Waals surface area contributed by atoms with Gasteiger partial charge in [-0.2, -0.15) is 0 Å². The Labute approximate surface area is 169 Å². The van der Waals surface area contributed by atoms with E-state index in [-0.39, 0.29) is 24.0 Å². The van der Waals surface area contributed by atoms with Gasteiger partial charge in [0.15, 0.2) is 5.96 Å². The fourth-order valence-corrected chi connectivity index (χ4v) is 2.06. The number of guanidine groups is 1. The third kappa shape index (κ3) is 12.0. The SMILES string of the molecule is CCNC(=NCc1ccc(NCCOC)cc1)NCCCOCC.I. The van der Waals surface area contributed by atoms with E-state index in [2.05, 4.69) is 52.1 Å². The average molecular weight is 464 g/mol. The Morgan fingerprint density at radius 3 is 2.44 bits per heavy atom. The van der Waals surface area contributed by atoms with Crippen molar-refractivity contribution in [3.63, 3.8) is 0 Å². The van der Waals surface area contributed by atoms with E-state index in [9.17, 15) is 0 Å². The molecule has 6 nitrogen and oxygen atoms in total. The maximum absolute atomic E-state index is 5.34. The number of methoxy groups -OCH3 is 1. The van der Waals surface area contributed by atoms with Gasteiger partial charge in [-0.15, -0.1) is 24.0 Å². The maximum atomic E-state index is 5.34. The first kappa shape index (κ1) is 23.9. The van der Waals surface area contributed by atoms with Gasteiger partial charge in [0.1, 0.15) is 0 Å². The molecule has 25 heavy (non-hydrogen) atoms. The van der Waals surface area contributed by atoms with Crippen LogP contribution in [0.1, 0.15) is 25.8 Å². The van der Waals surface area contributed by atoms with Crippen molar-refractivity contribution in [1.29, 1.82) is 0 Å². The summed E-state index contributed by atoms with van der Waals surface area (Å²) in [7, 11) is 1.70. The van der Waals surface area contributed by atoms with Gasteiger partial charge in [0, 0.05) is 45.6 Å². The summed E-state index contributed by atoms with van der Waals surface area (Å²) in [6.07, 6.45) is 0.972. The molecule has 0 saturated carbocycles. The van der Waals surface area contributed by atoms with E-state index in [1.54, 1.807) is 7.11 Å². The van der Waals surface area contributed by atoms with Gasteiger partial charge in [0.2, 0.25) is 0 Å². The van der Waals surface area contributed by atoms with Gasteiger partial charge in [0.05, 0.1) is 13.2 Å². The van der Waals surface area contributed by atoms with Gasteiger partial charge >= 0.3 is 0 Å². The Bertz CT molecular complexity index is 455. The third-order valence-electron chi connectivity index (χ3n) is 3.32. The lowest BCUT2D eigenvalue weighted by molar-refractivity contribution is 0.145. The molecule has 0 fully saturated rings. The van der Waals surface area contributed by atoms with E-state index in [1.807, 2.05) is 6.92 Å². The summed E-state index contributed by atoms with van der Waals surface area (Å²) in [5, 5.41) is 9.89. The van der Waals surface area contributed by atoms with Crippen molar-refractivity contribution in [1.82, 2.24) is 10.6 Å². The molecule has 0 spiro atoms. The standard InChI is InChI=1S/C18H32N4O2.HI/c1-4-19-18(21-11-6-13-24-5-2)22-15-16-7-9-17(10-8-16)20-12-14-23-3;/h7-10,20H,4-6,11-15H2,1-3H3,(H2,19,21,22);1H. The molecule has 7 heteroatoms. The second-order valence-corrected chi connectivity index (χ2v) is 5.29. The molecule has 0 unspecified atom stereocenters. The number of anilines is 1. The first-order valence-corrected chi connectivity index (χ1v) is 8.71. The summed E-state index contributed by atoms with van der Waals surface area (Å²) in [6, 6.07) is 8.33. The Balaban J connectivity index is 0.00000576. The smallest absolute Gasteiger partial charge is 0.191 e. The van der Waals surface area contributed by atoms with Crippen LogP contribution in [0.5, 0.6) is 0 Å². The van der Waals surface area contributed by atoms with Crippen molar-refractivity contribution in [3.8, 4) is 0 Å². The molecule has 1 rings (SSSR count). The monoisotopic (exact) mass is 464 g/mol. The molecule has 144 valence electrons. The Hall–Kier alpha value is -1.06. The lowest BCUT2D eigenvalue weighted by Gasteiger charge is -2.11. The van der Waals surface area contributed by atoms with Crippen LogP contribution >= 0.6 is 24.0 Å². The van der Waals surface area contributed by atoms with Crippen molar-refractivity contribution >= 4 is 35.6 Å². The van der Waals surface area contributed by atoms with Crippen LogP contribution in [0.3, 0.4) is 0 Å². The summed E-state index contributed by atoms with van der Waals surface area (Å²) in [5.41, 5.74) is 2.28. The van der Waals surface area contributed by atoms with Crippen LogP contribution in [-0.2, 0) is 16.0 Å². The van der Waals surface area contributed by atoms with Crippen LogP contribution in [0.25, 0.3) is 0 Å². The molecule has 3 N–H and O–H groups in total. The minimum atomic E-state index is 0. The molecule has 0 aliphatic heterocycles. The predicted molar refractivity (Wildman–Crippen MR) is 116 cm³/mol. The molecular weight excluding hydrogens is 431 g/mol. The number of rotatable bonds is 12. The second kappa shape index (κ2) is 16.4. The lowest BCUT2D eigenvalue weighted by Crippen LogP contribution is -2.38. The highest BCUT2D eigenvalue weighted by Gasteiger charge is 1.98. The van der Waals surface area contributed by atoms with E-state index in [1.165, 1.54) is 5.56 Å². The van der Waals surface area contributed by atoms with E-state index < -0.39 is 0 Å². The van der Waals surface area contributed by atoms with Crippen LogP contribution in [0.4, 0.5) is 5.69 Å². The quantitative estimate of drug-likeness (QED) is 0.192. The van der Waals surface area contributed by atoms with Crippen LogP contribution in [0, 0.1) is 0 Å². The molecule has 0 radical (unpaired) electrons. The highest BCUT2D eigenvalue weighted by Crippen LogP contribution is 2.10. The molecule has 1 aromatic carbocycles. The molecule has 0 atom stereocenters. The highest BCUT2D eigenvalue weighted by molar-refractivity contribution is 14.0. The number of nitrogens with one attached hydrogen (secondary N) is 3. The van der Waals surface area contributed by atoms with Crippen LogP contribution in [0.2, 0.25) is 0 Å². The fraction of sp³-hybridized carbons (Fsp3) is 0.611. The summed E-state index contributed by atoms with van der Waals surface area (Å²) >= 11 is 0. The van der Waals surface area contributed by atoms with Crippen molar-refractivity contribution < 1.29 is 9.47 Å². The van der Waals surface area contributed by atoms with Crippen molar-refractivity contribution in [2.24, 2.45) is 4.99 Å². The number of aliphatic imine (C=N–C) groups is 1. The maximum Gasteiger partial charge on any atom is 0.191 e. The molecule has 0 aromatic heterocycles. The first-order valence-electron chi connectivity index (χ1n) is 8.71. The average Bonchev–Trinajstić information content (AvgIpc) is 2.60. The molecular formula is C18H33IN4O2. The molecule has 0 heterocycles. The Morgan fingerprint density at radius 2 is 1.80 bits per heavy atom. The zero-order valence-corrected chi connectivity index (χ0v) is 18.0. The van der Waals surface area contributed by atoms with Gasteiger partial charge in [-0.1, -0.05) is 12.1 Å². The Kier molecular flexibility index (Phi) is 15.7. The van der Waals surface area contributed by atoms with E-state index in [0.29, 0.717) is 13.2 Å². The normalized spacial score (nSPS) is 10.9. The molecule has 0 bridgehead atoms. The van der Waals surface area contributed by atoms with Gasteiger partial charge < -0.3 is 25.4 Å². The van der Waals surface area contributed by atoms with E-state index >= 15 is 0 Å². The van der Waals surface area contributed by atoms with Crippen molar-refractivity contribution in [3.05, 3.63) is 29.8 Å². The minimum Gasteiger partial charge on any atom is -0.383 e. The first-order chi connectivity index (χ1) is 11.8. The Morgan fingerprint density at radius 1 is 1.04 bits per heavy atom. The predicted octanol–water partition coefficient (Wildman–Crippen LogP) is 2.84. The van der Waals surface area contributed by atoms with Crippen LogP contribution < -0.4 is 16.0 Å². The molecule has 0 amide bonds. The molecule has 0 aliphatic rings. The van der Waals surface area contributed by atoms with Gasteiger partial charge in [-0.3, -0.25) is 0 Å². The summed E-state index contributed by atoms with van der Waals surface area (Å²) in [6.45, 7) is 9.49. The van der Waals surface area contributed by atoms with Gasteiger partial charge in [-0.05, 0) is 38.0 Å². The number of ether oxygens (including phenoxy) is 2. The number of hydrogen-bond acceptors (Lipinski definition) is 4. The number of benzene rings is 1. The topological polar surface area (TPSA) is 66.9 Å². The minimum absolute atomic E-state index is 0. The fourth-order valence-electron chi connectivity index (χ4n) is 2.06. The van der Waals surface area contributed by atoms with Crippen LogP contribution in [-0.4, -0.2) is 52.5 Å². The zero-order chi connectivity index (χ0) is 17.5. The molecule has 0 saturated heterocycles. The summed E-state index contributed by atoms with van der Waals surface area (Å²) in [4.78, 5) is 4.62. The van der Waals surface area contributed by atoms with Gasteiger partial charge in [0.25, 0.3) is 0 Å². The summed E-state index contributed by atoms with van der Waals surface area (Å²) < 4.78 is 10.4. The van der Waals surface area contributed by atoms with Crippen molar-refractivity contribution in [2.45, 2.75) is 26.8 Å². The van der Waals surface area contributed by atoms with Crippen molar-refractivity contribution in [2.75, 3.05) is 51.9 Å². The van der Waals surface area contributed by atoms with Gasteiger partial charge in [-0.25, -0.2) is 4.99 Å². The number of hydrogen-bond donors (Lipinski definition) is 3. The largest absolute Gasteiger partial charge is 0.383 e. The number of nitrogens with zero attached hydrogens (tertiary/aromatic N) is 1. The highest BCUT2D eigenvalue weighted by atomic mass is 127. The number of halogens is 1. The molecule has 1 aromatic rings. The zero-order valence-electron chi connectivity index (χ0n) is 15.6. The second-order valence-electron chi connectivity index (χ2n) is 5.29. The third-order valence-corrected chi connectivity index (χ3v) is 3.32. The summed E-state index contributed by atoms with van der Waals surface area (Å²) in [5.74, 6) is 0.844. The lowest BCUT2D eigenvalue weighted by atomic mass is 10.2.